The SMILES string of the molecule is N#Cc1cc(Cl)ccc1-c1nccc2ccc(C(=O)O)cc12. The Morgan fingerprint density at radius 3 is 2.73 bits per heavy atom. The molecule has 1 aromatic heterocycles. The molecule has 0 aliphatic rings. The lowest BCUT2D eigenvalue weighted by molar-refractivity contribution is 0.0697. The highest BCUT2D eigenvalue weighted by atomic mass is 35.5. The molecule has 0 atom stereocenters. The molecule has 0 saturated heterocycles. The minimum Gasteiger partial charge on any atom is -0.478 e. The normalized spacial score (nSPS) is 10.4. The molecule has 0 aliphatic carbocycles. The summed E-state index contributed by atoms with van der Waals surface area (Å²) in [6, 6.07) is 13.7. The van der Waals surface area contributed by atoms with Crippen molar-refractivity contribution in [3.05, 3.63) is 64.8 Å². The monoisotopic (exact) mass is 308 g/mol. The molecule has 2 aromatic carbocycles. The fourth-order valence-electron chi connectivity index (χ4n) is 2.33. The van der Waals surface area contributed by atoms with Gasteiger partial charge in [0.1, 0.15) is 0 Å². The third-order valence-corrected chi connectivity index (χ3v) is 3.61. The van der Waals surface area contributed by atoms with E-state index in [2.05, 4.69) is 11.1 Å². The summed E-state index contributed by atoms with van der Waals surface area (Å²) < 4.78 is 0. The molecule has 0 spiro atoms. The highest BCUT2D eigenvalue weighted by molar-refractivity contribution is 6.30. The number of fused-ring (bicyclic) bond motifs is 1. The van der Waals surface area contributed by atoms with E-state index in [-0.39, 0.29) is 5.56 Å². The minimum absolute atomic E-state index is 0.175. The van der Waals surface area contributed by atoms with Crippen LogP contribution in [0.5, 0.6) is 0 Å². The number of aromatic nitrogens is 1. The maximum atomic E-state index is 11.2. The van der Waals surface area contributed by atoms with Gasteiger partial charge in [0.15, 0.2) is 0 Å². The lowest BCUT2D eigenvalue weighted by Crippen LogP contribution is -1.97. The minimum atomic E-state index is -1.01. The predicted octanol–water partition coefficient (Wildman–Crippen LogP) is 4.13. The van der Waals surface area contributed by atoms with Gasteiger partial charge in [-0.3, -0.25) is 4.98 Å². The van der Waals surface area contributed by atoms with Gasteiger partial charge in [-0.15, -0.1) is 0 Å². The van der Waals surface area contributed by atoms with Crippen LogP contribution in [0.25, 0.3) is 22.0 Å². The van der Waals surface area contributed by atoms with Crippen LogP contribution in [-0.2, 0) is 0 Å². The third-order valence-electron chi connectivity index (χ3n) is 3.37. The van der Waals surface area contributed by atoms with E-state index in [1.165, 1.54) is 0 Å². The Hall–Kier alpha value is -2.90. The van der Waals surface area contributed by atoms with Crippen LogP contribution in [0.2, 0.25) is 5.02 Å². The first kappa shape index (κ1) is 14.1. The zero-order valence-electron chi connectivity index (χ0n) is 11.2. The number of hydrogen-bond donors (Lipinski definition) is 1. The van der Waals surface area contributed by atoms with Gasteiger partial charge in [0, 0.05) is 22.2 Å². The highest BCUT2D eigenvalue weighted by Gasteiger charge is 2.12. The second kappa shape index (κ2) is 5.47. The van der Waals surface area contributed by atoms with E-state index in [1.807, 2.05) is 0 Å². The standard InChI is InChI=1S/C17H9ClN2O2/c18-13-3-4-14(12(7-13)9-19)16-15-8-11(17(21)22)2-1-10(15)5-6-20-16/h1-8H,(H,21,22). The molecule has 0 bridgehead atoms. The number of pyridine rings is 1. The molecule has 22 heavy (non-hydrogen) atoms. The molecule has 0 amide bonds. The zero-order valence-corrected chi connectivity index (χ0v) is 12.0. The molecular weight excluding hydrogens is 300 g/mol. The molecule has 0 aliphatic heterocycles. The van der Waals surface area contributed by atoms with E-state index in [1.54, 1.807) is 48.7 Å². The first-order chi connectivity index (χ1) is 10.6. The van der Waals surface area contributed by atoms with Gasteiger partial charge in [-0.25, -0.2) is 4.79 Å². The number of hydrogen-bond acceptors (Lipinski definition) is 3. The molecule has 1 heterocycles. The number of nitrogens with zero attached hydrogens (tertiary/aromatic N) is 2. The Bertz CT molecular complexity index is 945. The van der Waals surface area contributed by atoms with Crippen molar-refractivity contribution in [2.24, 2.45) is 0 Å². The number of carboxylic acids is 1. The van der Waals surface area contributed by atoms with Gasteiger partial charge in [-0.1, -0.05) is 17.7 Å². The Morgan fingerprint density at radius 2 is 2.00 bits per heavy atom. The smallest absolute Gasteiger partial charge is 0.335 e. The summed E-state index contributed by atoms with van der Waals surface area (Å²) in [6.07, 6.45) is 1.63. The van der Waals surface area contributed by atoms with Crippen LogP contribution in [0.3, 0.4) is 0 Å². The quantitative estimate of drug-likeness (QED) is 0.772. The van der Waals surface area contributed by atoms with Crippen LogP contribution in [0.4, 0.5) is 0 Å². The van der Waals surface area contributed by atoms with Crippen molar-refractivity contribution in [1.82, 2.24) is 4.98 Å². The van der Waals surface area contributed by atoms with Crippen molar-refractivity contribution in [3.63, 3.8) is 0 Å². The van der Waals surface area contributed by atoms with Gasteiger partial charge in [0.25, 0.3) is 0 Å². The number of carbonyl (C=O) groups is 1. The summed E-state index contributed by atoms with van der Waals surface area (Å²) >= 11 is 5.92. The number of nitriles is 1. The summed E-state index contributed by atoms with van der Waals surface area (Å²) in [4.78, 5) is 15.5. The third kappa shape index (κ3) is 2.39. The molecule has 3 aromatic rings. The number of carboxylic acid groups (broad SMARTS) is 1. The van der Waals surface area contributed by atoms with Crippen molar-refractivity contribution in [3.8, 4) is 17.3 Å². The Morgan fingerprint density at radius 1 is 1.18 bits per heavy atom. The average molecular weight is 309 g/mol. The zero-order chi connectivity index (χ0) is 15.7. The van der Waals surface area contributed by atoms with Crippen molar-refractivity contribution in [2.75, 3.05) is 0 Å². The second-order valence-electron chi connectivity index (χ2n) is 4.70. The summed E-state index contributed by atoms with van der Waals surface area (Å²) in [5.41, 5.74) is 1.76. The van der Waals surface area contributed by atoms with Gasteiger partial charge >= 0.3 is 5.97 Å². The summed E-state index contributed by atoms with van der Waals surface area (Å²) in [7, 11) is 0. The fourth-order valence-corrected chi connectivity index (χ4v) is 2.50. The van der Waals surface area contributed by atoms with Crippen LogP contribution < -0.4 is 0 Å². The molecule has 3 rings (SSSR count). The maximum Gasteiger partial charge on any atom is 0.335 e. The highest BCUT2D eigenvalue weighted by Crippen LogP contribution is 2.31. The van der Waals surface area contributed by atoms with Gasteiger partial charge in [0.2, 0.25) is 0 Å². The Balaban J connectivity index is 2.34. The molecule has 0 radical (unpaired) electrons. The van der Waals surface area contributed by atoms with Crippen LogP contribution in [0.15, 0.2) is 48.7 Å². The molecule has 1 N–H and O–H groups in total. The molecule has 5 heteroatoms. The Labute approximate surface area is 131 Å². The summed E-state index contributed by atoms with van der Waals surface area (Å²) in [5, 5.41) is 20.4. The predicted molar refractivity (Wildman–Crippen MR) is 83.9 cm³/mol. The number of aromatic carboxylic acids is 1. The fraction of sp³-hybridized carbons (Fsp3) is 0. The van der Waals surface area contributed by atoms with Gasteiger partial charge in [0.05, 0.1) is 22.9 Å². The van der Waals surface area contributed by atoms with Crippen LogP contribution >= 0.6 is 11.6 Å². The summed E-state index contributed by atoms with van der Waals surface area (Å²) in [5.74, 6) is -1.01. The summed E-state index contributed by atoms with van der Waals surface area (Å²) in [6.45, 7) is 0. The topological polar surface area (TPSA) is 74.0 Å². The van der Waals surface area contributed by atoms with E-state index >= 15 is 0 Å². The van der Waals surface area contributed by atoms with Gasteiger partial charge in [-0.05, 0) is 41.8 Å². The van der Waals surface area contributed by atoms with E-state index in [4.69, 9.17) is 16.7 Å². The number of benzene rings is 2. The second-order valence-corrected chi connectivity index (χ2v) is 5.14. The van der Waals surface area contributed by atoms with E-state index in [0.717, 1.165) is 5.39 Å². The Kier molecular flexibility index (Phi) is 3.50. The van der Waals surface area contributed by atoms with Crippen LogP contribution in [0.1, 0.15) is 15.9 Å². The van der Waals surface area contributed by atoms with E-state index in [9.17, 15) is 10.1 Å². The van der Waals surface area contributed by atoms with Crippen molar-refractivity contribution >= 4 is 28.3 Å². The van der Waals surface area contributed by atoms with E-state index < -0.39 is 5.97 Å². The van der Waals surface area contributed by atoms with Crippen LogP contribution in [0, 0.1) is 11.3 Å². The maximum absolute atomic E-state index is 11.2. The molecule has 106 valence electrons. The first-order valence-corrected chi connectivity index (χ1v) is 6.80. The average Bonchev–Trinajstić information content (AvgIpc) is 2.53. The van der Waals surface area contributed by atoms with Crippen molar-refractivity contribution < 1.29 is 9.90 Å². The molecule has 4 nitrogen and oxygen atoms in total. The molecule has 0 fully saturated rings. The lowest BCUT2D eigenvalue weighted by Gasteiger charge is -2.08. The van der Waals surface area contributed by atoms with E-state index in [0.29, 0.717) is 27.2 Å². The lowest BCUT2D eigenvalue weighted by atomic mass is 9.98. The largest absolute Gasteiger partial charge is 0.478 e. The molecule has 0 saturated carbocycles. The number of halogens is 1. The first-order valence-electron chi connectivity index (χ1n) is 6.42. The molecular formula is C17H9ClN2O2. The van der Waals surface area contributed by atoms with Gasteiger partial charge in [-0.2, -0.15) is 5.26 Å². The van der Waals surface area contributed by atoms with Crippen molar-refractivity contribution in [1.29, 1.82) is 5.26 Å². The molecule has 0 unspecified atom stereocenters. The van der Waals surface area contributed by atoms with Gasteiger partial charge < -0.3 is 5.11 Å². The number of rotatable bonds is 2. The van der Waals surface area contributed by atoms with Crippen molar-refractivity contribution in [2.45, 2.75) is 0 Å². The van der Waals surface area contributed by atoms with Crippen LogP contribution in [-0.4, -0.2) is 16.1 Å².